The SMILES string of the molecule is C(#CC1CCNCC1)c1ccc2ncnc(Nc3ccc(Oc4cccnc4)cc3)c2c1. The van der Waals surface area contributed by atoms with Crippen LogP contribution in [0, 0.1) is 17.8 Å². The first-order valence-electron chi connectivity index (χ1n) is 10.8. The average Bonchev–Trinajstić information content (AvgIpc) is 2.85. The lowest BCUT2D eigenvalue weighted by Crippen LogP contribution is -2.26. The number of ether oxygens (including phenoxy) is 1. The number of anilines is 2. The summed E-state index contributed by atoms with van der Waals surface area (Å²) >= 11 is 0. The van der Waals surface area contributed by atoms with E-state index in [4.69, 9.17) is 4.74 Å². The van der Waals surface area contributed by atoms with Gasteiger partial charge in [0, 0.05) is 28.8 Å². The van der Waals surface area contributed by atoms with Crippen LogP contribution in [-0.2, 0) is 0 Å². The minimum absolute atomic E-state index is 0.462. The highest BCUT2D eigenvalue weighted by atomic mass is 16.5. The summed E-state index contributed by atoms with van der Waals surface area (Å²) in [7, 11) is 0. The maximum absolute atomic E-state index is 5.81. The van der Waals surface area contributed by atoms with E-state index in [9.17, 15) is 0 Å². The second-order valence-electron chi connectivity index (χ2n) is 7.69. The Morgan fingerprint density at radius 3 is 2.66 bits per heavy atom. The fourth-order valence-electron chi connectivity index (χ4n) is 3.67. The average molecular weight is 422 g/mol. The summed E-state index contributed by atoms with van der Waals surface area (Å²) in [6.45, 7) is 2.09. The van der Waals surface area contributed by atoms with Crippen molar-refractivity contribution in [1.29, 1.82) is 0 Å². The lowest BCUT2D eigenvalue weighted by atomic mass is 9.98. The molecular formula is C26H23N5O. The number of pyridine rings is 1. The molecule has 0 bridgehead atoms. The van der Waals surface area contributed by atoms with E-state index in [1.54, 1.807) is 18.7 Å². The number of hydrogen-bond acceptors (Lipinski definition) is 6. The van der Waals surface area contributed by atoms with Crippen LogP contribution < -0.4 is 15.4 Å². The zero-order valence-electron chi connectivity index (χ0n) is 17.6. The molecule has 5 rings (SSSR count). The van der Waals surface area contributed by atoms with Gasteiger partial charge in [0.25, 0.3) is 0 Å². The standard InChI is InChI=1S/C26H23N5O/c1-2-23(17-28-13-1)32-22-8-6-21(7-9-22)31-26-24-16-20(5-10-25(24)29-18-30-26)4-3-19-11-14-27-15-12-19/h1-2,5-10,13,16-19,27H,11-12,14-15H2,(H,29,30,31). The summed E-state index contributed by atoms with van der Waals surface area (Å²) in [5.74, 6) is 9.43. The number of benzene rings is 2. The molecule has 6 heteroatoms. The van der Waals surface area contributed by atoms with Crippen molar-refractivity contribution < 1.29 is 4.74 Å². The molecule has 158 valence electrons. The van der Waals surface area contributed by atoms with E-state index in [0.29, 0.717) is 11.7 Å². The Hall–Kier alpha value is -3.95. The third kappa shape index (κ3) is 4.85. The molecule has 0 aliphatic carbocycles. The van der Waals surface area contributed by atoms with Crippen LogP contribution in [0.1, 0.15) is 18.4 Å². The molecule has 3 heterocycles. The van der Waals surface area contributed by atoms with Gasteiger partial charge >= 0.3 is 0 Å². The van der Waals surface area contributed by atoms with Gasteiger partial charge in [0.05, 0.1) is 11.7 Å². The van der Waals surface area contributed by atoms with Crippen LogP contribution in [0.2, 0.25) is 0 Å². The number of hydrogen-bond donors (Lipinski definition) is 2. The van der Waals surface area contributed by atoms with E-state index in [-0.39, 0.29) is 0 Å². The van der Waals surface area contributed by atoms with Gasteiger partial charge in [0.15, 0.2) is 0 Å². The molecule has 0 amide bonds. The second kappa shape index (κ2) is 9.46. The van der Waals surface area contributed by atoms with E-state index < -0.39 is 0 Å². The van der Waals surface area contributed by atoms with Gasteiger partial charge in [-0.3, -0.25) is 4.98 Å². The van der Waals surface area contributed by atoms with Crippen LogP contribution >= 0.6 is 0 Å². The quantitative estimate of drug-likeness (QED) is 0.456. The van der Waals surface area contributed by atoms with Crippen LogP contribution in [0.5, 0.6) is 11.5 Å². The van der Waals surface area contributed by atoms with Crippen molar-refractivity contribution in [2.24, 2.45) is 5.92 Å². The molecule has 1 fully saturated rings. The second-order valence-corrected chi connectivity index (χ2v) is 7.69. The molecule has 2 aromatic carbocycles. The molecule has 1 aliphatic heterocycles. The molecule has 0 unspecified atom stereocenters. The number of aromatic nitrogens is 3. The minimum atomic E-state index is 0.462. The normalized spacial score (nSPS) is 13.9. The molecule has 2 aromatic heterocycles. The molecular weight excluding hydrogens is 398 g/mol. The summed E-state index contributed by atoms with van der Waals surface area (Å²) < 4.78 is 5.81. The van der Waals surface area contributed by atoms with Crippen molar-refractivity contribution in [1.82, 2.24) is 20.3 Å². The molecule has 0 spiro atoms. The van der Waals surface area contributed by atoms with Crippen LogP contribution in [0.4, 0.5) is 11.5 Å². The van der Waals surface area contributed by atoms with Crippen molar-refractivity contribution in [3.05, 3.63) is 78.9 Å². The lowest BCUT2D eigenvalue weighted by molar-refractivity contribution is 0.447. The molecule has 1 aliphatic rings. The largest absolute Gasteiger partial charge is 0.456 e. The van der Waals surface area contributed by atoms with E-state index in [1.807, 2.05) is 48.5 Å². The Morgan fingerprint density at radius 2 is 1.84 bits per heavy atom. The topological polar surface area (TPSA) is 72.0 Å². The number of fused-ring (bicyclic) bond motifs is 1. The molecule has 4 aromatic rings. The van der Waals surface area contributed by atoms with Crippen LogP contribution in [0.15, 0.2) is 73.3 Å². The van der Waals surface area contributed by atoms with E-state index in [2.05, 4.69) is 43.5 Å². The van der Waals surface area contributed by atoms with Crippen molar-refractivity contribution in [2.75, 3.05) is 18.4 Å². The maximum Gasteiger partial charge on any atom is 0.145 e. The predicted molar refractivity (Wildman–Crippen MR) is 126 cm³/mol. The fraction of sp³-hybridized carbons (Fsp3) is 0.192. The smallest absolute Gasteiger partial charge is 0.145 e. The summed E-state index contributed by atoms with van der Waals surface area (Å²) in [5.41, 5.74) is 2.77. The third-order valence-electron chi connectivity index (χ3n) is 5.38. The zero-order chi connectivity index (χ0) is 21.6. The van der Waals surface area contributed by atoms with Crippen molar-refractivity contribution in [3.8, 4) is 23.3 Å². The monoisotopic (exact) mass is 421 g/mol. The Labute approximate surface area is 187 Å². The van der Waals surface area contributed by atoms with Crippen LogP contribution in [0.25, 0.3) is 10.9 Å². The summed E-state index contributed by atoms with van der Waals surface area (Å²) in [4.78, 5) is 12.9. The number of piperidine rings is 1. The molecule has 1 saturated heterocycles. The van der Waals surface area contributed by atoms with Crippen LogP contribution in [0.3, 0.4) is 0 Å². The van der Waals surface area contributed by atoms with Gasteiger partial charge in [-0.05, 0) is 80.5 Å². The summed E-state index contributed by atoms with van der Waals surface area (Å²) in [6.07, 6.45) is 7.19. The van der Waals surface area contributed by atoms with Crippen molar-refractivity contribution in [3.63, 3.8) is 0 Å². The lowest BCUT2D eigenvalue weighted by Gasteiger charge is -2.17. The van der Waals surface area contributed by atoms with Gasteiger partial charge in [-0.15, -0.1) is 0 Å². The number of nitrogens with one attached hydrogen (secondary N) is 2. The fourth-order valence-corrected chi connectivity index (χ4v) is 3.67. The Bertz CT molecular complexity index is 1260. The minimum Gasteiger partial charge on any atom is -0.456 e. The predicted octanol–water partition coefficient (Wildman–Crippen LogP) is 4.91. The molecule has 6 nitrogen and oxygen atoms in total. The molecule has 0 atom stereocenters. The van der Waals surface area contributed by atoms with E-state index in [0.717, 1.165) is 59.7 Å². The van der Waals surface area contributed by atoms with Gasteiger partial charge in [-0.25, -0.2) is 9.97 Å². The molecule has 0 radical (unpaired) electrons. The number of nitrogens with zero attached hydrogens (tertiary/aromatic N) is 3. The maximum atomic E-state index is 5.81. The van der Waals surface area contributed by atoms with Gasteiger partial charge in [-0.1, -0.05) is 11.8 Å². The molecule has 0 saturated carbocycles. The highest BCUT2D eigenvalue weighted by Gasteiger charge is 2.10. The van der Waals surface area contributed by atoms with Gasteiger partial charge in [0.2, 0.25) is 0 Å². The zero-order valence-corrected chi connectivity index (χ0v) is 17.6. The first kappa shape index (κ1) is 20.0. The van der Waals surface area contributed by atoms with Crippen molar-refractivity contribution in [2.45, 2.75) is 12.8 Å². The number of rotatable bonds is 4. The first-order chi connectivity index (χ1) is 15.8. The Morgan fingerprint density at radius 1 is 0.969 bits per heavy atom. The third-order valence-corrected chi connectivity index (χ3v) is 5.38. The van der Waals surface area contributed by atoms with E-state index in [1.165, 1.54) is 0 Å². The van der Waals surface area contributed by atoms with Gasteiger partial charge in [-0.2, -0.15) is 0 Å². The Kier molecular flexibility index (Phi) is 5.91. The first-order valence-corrected chi connectivity index (χ1v) is 10.8. The molecule has 32 heavy (non-hydrogen) atoms. The Balaban J connectivity index is 1.35. The summed E-state index contributed by atoms with van der Waals surface area (Å²) in [5, 5.41) is 7.72. The molecule has 2 N–H and O–H groups in total. The highest BCUT2D eigenvalue weighted by Crippen LogP contribution is 2.27. The summed E-state index contributed by atoms with van der Waals surface area (Å²) in [6, 6.07) is 17.5. The van der Waals surface area contributed by atoms with Gasteiger partial charge < -0.3 is 15.4 Å². The van der Waals surface area contributed by atoms with Crippen molar-refractivity contribution >= 4 is 22.4 Å². The van der Waals surface area contributed by atoms with E-state index >= 15 is 0 Å². The highest BCUT2D eigenvalue weighted by molar-refractivity contribution is 5.91. The van der Waals surface area contributed by atoms with Gasteiger partial charge in [0.1, 0.15) is 23.6 Å². The van der Waals surface area contributed by atoms with Crippen LogP contribution in [-0.4, -0.2) is 28.0 Å².